The van der Waals surface area contributed by atoms with Crippen LogP contribution in [0.3, 0.4) is 0 Å². The highest BCUT2D eigenvalue weighted by Crippen LogP contribution is 2.45. The number of amides is 3. The number of halogens is 2. The normalized spacial score (nSPS) is 19.0. The monoisotopic (exact) mass is 533 g/mol. The van der Waals surface area contributed by atoms with Gasteiger partial charge in [0.2, 0.25) is 0 Å². The molecule has 2 unspecified atom stereocenters. The Balaban J connectivity index is 1.52. The zero-order chi connectivity index (χ0) is 25.8. The number of aromatic hydroxyl groups is 1. The predicted molar refractivity (Wildman–Crippen MR) is 145 cm³/mol. The number of nitrogens with zero attached hydrogens (tertiary/aromatic N) is 2. The van der Waals surface area contributed by atoms with Crippen molar-refractivity contribution in [1.29, 1.82) is 0 Å². The number of carbonyl (C=O) groups is 2. The number of urea groups is 1. The van der Waals surface area contributed by atoms with Crippen molar-refractivity contribution in [2.45, 2.75) is 38.3 Å². The standard InChI is InChI=1S/C29H25Cl2N3O3/c1-2-3-11-33-28(36)25-15-21-20-13-16(17-7-9-22(30)23(31)14-17)8-10-24(20)32-26(21)27(34(25)29(33)37)18-5-4-6-19(35)12-18/h4-10,12-14,25,27,32,35H,2-3,11,15H2,1H3. The molecular formula is C29H25Cl2N3O3. The van der Waals surface area contributed by atoms with Crippen LogP contribution in [0.2, 0.25) is 10.0 Å². The van der Waals surface area contributed by atoms with E-state index in [-0.39, 0.29) is 17.7 Å². The van der Waals surface area contributed by atoms with Crippen LogP contribution >= 0.6 is 23.2 Å². The molecule has 1 fully saturated rings. The molecular weight excluding hydrogens is 509 g/mol. The summed E-state index contributed by atoms with van der Waals surface area (Å²) >= 11 is 12.4. The molecule has 0 aliphatic carbocycles. The average molecular weight is 534 g/mol. The first kappa shape index (κ1) is 23.9. The first-order valence-electron chi connectivity index (χ1n) is 12.4. The van der Waals surface area contributed by atoms with Gasteiger partial charge in [-0.2, -0.15) is 0 Å². The van der Waals surface area contributed by atoms with Crippen molar-refractivity contribution in [2.75, 3.05) is 6.54 Å². The third-order valence-corrected chi connectivity index (χ3v) is 8.14. The zero-order valence-electron chi connectivity index (χ0n) is 20.2. The summed E-state index contributed by atoms with van der Waals surface area (Å²) < 4.78 is 0. The number of rotatable bonds is 5. The van der Waals surface area contributed by atoms with Crippen LogP contribution in [0.5, 0.6) is 5.75 Å². The van der Waals surface area contributed by atoms with Gasteiger partial charge < -0.3 is 10.1 Å². The van der Waals surface area contributed by atoms with E-state index in [1.165, 1.54) is 4.90 Å². The number of benzene rings is 3. The summed E-state index contributed by atoms with van der Waals surface area (Å²) in [7, 11) is 0. The number of carbonyl (C=O) groups excluding carboxylic acids is 2. The molecule has 0 bridgehead atoms. The molecule has 3 amide bonds. The Bertz CT molecular complexity index is 1560. The maximum Gasteiger partial charge on any atom is 0.328 e. The van der Waals surface area contributed by atoms with Gasteiger partial charge in [0.15, 0.2) is 0 Å². The molecule has 6 rings (SSSR count). The largest absolute Gasteiger partial charge is 0.508 e. The van der Waals surface area contributed by atoms with E-state index in [9.17, 15) is 14.7 Å². The number of hydrogen-bond acceptors (Lipinski definition) is 3. The van der Waals surface area contributed by atoms with Crippen molar-refractivity contribution < 1.29 is 14.7 Å². The molecule has 188 valence electrons. The van der Waals surface area contributed by atoms with E-state index < -0.39 is 12.1 Å². The smallest absolute Gasteiger partial charge is 0.328 e. The van der Waals surface area contributed by atoms with E-state index in [0.717, 1.165) is 51.7 Å². The number of hydrogen-bond donors (Lipinski definition) is 2. The van der Waals surface area contributed by atoms with Crippen LogP contribution in [0.15, 0.2) is 60.7 Å². The van der Waals surface area contributed by atoms with Crippen molar-refractivity contribution in [2.24, 2.45) is 0 Å². The second kappa shape index (κ2) is 9.12. The van der Waals surface area contributed by atoms with Gasteiger partial charge in [-0.15, -0.1) is 0 Å². The fourth-order valence-electron chi connectivity index (χ4n) is 5.60. The van der Waals surface area contributed by atoms with E-state index in [1.54, 1.807) is 29.2 Å². The van der Waals surface area contributed by atoms with Gasteiger partial charge in [0.05, 0.1) is 10.0 Å². The van der Waals surface area contributed by atoms with E-state index in [4.69, 9.17) is 23.2 Å². The van der Waals surface area contributed by atoms with Crippen LogP contribution in [-0.4, -0.2) is 44.4 Å². The molecule has 1 aromatic heterocycles. The molecule has 8 heteroatoms. The Hall–Kier alpha value is -3.48. The fourth-order valence-corrected chi connectivity index (χ4v) is 5.89. The van der Waals surface area contributed by atoms with Crippen LogP contribution in [0.25, 0.3) is 22.0 Å². The zero-order valence-corrected chi connectivity index (χ0v) is 21.7. The highest BCUT2D eigenvalue weighted by molar-refractivity contribution is 6.42. The number of unbranched alkanes of at least 4 members (excludes halogenated alkanes) is 1. The molecule has 6 nitrogen and oxygen atoms in total. The molecule has 3 aromatic carbocycles. The molecule has 0 spiro atoms. The lowest BCUT2D eigenvalue weighted by atomic mass is 9.88. The number of nitrogens with one attached hydrogen (secondary N) is 1. The van der Waals surface area contributed by atoms with Crippen molar-refractivity contribution in [3.63, 3.8) is 0 Å². The number of aromatic nitrogens is 1. The molecule has 4 aromatic rings. The van der Waals surface area contributed by atoms with Crippen LogP contribution in [-0.2, 0) is 11.2 Å². The van der Waals surface area contributed by atoms with E-state index in [0.29, 0.717) is 23.0 Å². The number of phenols is 1. The van der Waals surface area contributed by atoms with Gasteiger partial charge in [-0.05, 0) is 65.1 Å². The molecule has 1 saturated heterocycles. The third-order valence-electron chi connectivity index (χ3n) is 7.40. The van der Waals surface area contributed by atoms with Crippen LogP contribution in [0, 0.1) is 0 Å². The van der Waals surface area contributed by atoms with Crippen molar-refractivity contribution >= 4 is 46.0 Å². The lowest BCUT2D eigenvalue weighted by molar-refractivity contribution is -0.128. The fraction of sp³-hybridized carbons (Fsp3) is 0.241. The minimum atomic E-state index is -0.600. The van der Waals surface area contributed by atoms with Crippen molar-refractivity contribution in [3.8, 4) is 16.9 Å². The first-order valence-corrected chi connectivity index (χ1v) is 13.2. The van der Waals surface area contributed by atoms with Gasteiger partial charge >= 0.3 is 6.03 Å². The van der Waals surface area contributed by atoms with Gasteiger partial charge in [-0.3, -0.25) is 14.6 Å². The first-order chi connectivity index (χ1) is 17.9. The Labute approximate surface area is 224 Å². The minimum absolute atomic E-state index is 0.111. The van der Waals surface area contributed by atoms with Gasteiger partial charge in [0.1, 0.15) is 17.8 Å². The number of aromatic amines is 1. The Kier molecular flexibility index (Phi) is 5.89. The molecule has 0 saturated carbocycles. The third kappa shape index (κ3) is 3.87. The van der Waals surface area contributed by atoms with E-state index in [1.807, 2.05) is 37.3 Å². The molecule has 2 atom stereocenters. The number of fused-ring (bicyclic) bond motifs is 4. The molecule has 2 N–H and O–H groups in total. The van der Waals surface area contributed by atoms with Crippen LogP contribution in [0.1, 0.15) is 42.6 Å². The summed E-state index contributed by atoms with van der Waals surface area (Å²) in [4.78, 5) is 33.7. The summed E-state index contributed by atoms with van der Waals surface area (Å²) in [6, 6.07) is 17.2. The molecule has 37 heavy (non-hydrogen) atoms. The van der Waals surface area contributed by atoms with Gasteiger partial charge in [-0.1, -0.05) is 60.8 Å². The number of phenolic OH excluding ortho intramolecular Hbond substituents is 1. The lowest BCUT2D eigenvalue weighted by Crippen LogP contribution is -2.44. The van der Waals surface area contributed by atoms with Gasteiger partial charge in [-0.25, -0.2) is 4.79 Å². The maximum absolute atomic E-state index is 13.6. The van der Waals surface area contributed by atoms with E-state index >= 15 is 0 Å². The molecule has 3 heterocycles. The van der Waals surface area contributed by atoms with Crippen molar-refractivity contribution in [3.05, 3.63) is 87.5 Å². The highest BCUT2D eigenvalue weighted by Gasteiger charge is 2.52. The van der Waals surface area contributed by atoms with E-state index in [2.05, 4.69) is 11.1 Å². The topological polar surface area (TPSA) is 76.6 Å². The van der Waals surface area contributed by atoms with Gasteiger partial charge in [0, 0.05) is 29.6 Å². The quantitative estimate of drug-likeness (QED) is 0.273. The summed E-state index contributed by atoms with van der Waals surface area (Å²) in [5.74, 6) is -0.0516. The van der Waals surface area contributed by atoms with Crippen molar-refractivity contribution in [1.82, 2.24) is 14.8 Å². The number of imide groups is 1. The second-order valence-electron chi connectivity index (χ2n) is 9.66. The molecule has 0 radical (unpaired) electrons. The lowest BCUT2D eigenvalue weighted by Gasteiger charge is -2.36. The van der Waals surface area contributed by atoms with Crippen LogP contribution in [0.4, 0.5) is 4.79 Å². The average Bonchev–Trinajstić information content (AvgIpc) is 3.37. The Morgan fingerprint density at radius 3 is 2.54 bits per heavy atom. The van der Waals surface area contributed by atoms with Crippen LogP contribution < -0.4 is 0 Å². The molecule has 2 aliphatic rings. The summed E-state index contributed by atoms with van der Waals surface area (Å²) in [5.41, 5.74) is 5.45. The molecule has 2 aliphatic heterocycles. The SMILES string of the molecule is CCCCN1C(=O)C2Cc3c([nH]c4ccc(-c5ccc(Cl)c(Cl)c5)cc34)C(c3cccc(O)c3)N2C1=O. The Morgan fingerprint density at radius 1 is 1.00 bits per heavy atom. The van der Waals surface area contributed by atoms with Gasteiger partial charge in [0.25, 0.3) is 5.91 Å². The predicted octanol–water partition coefficient (Wildman–Crippen LogP) is 6.93. The number of H-pyrrole nitrogens is 1. The highest BCUT2D eigenvalue weighted by atomic mass is 35.5. The maximum atomic E-state index is 13.6. The summed E-state index contributed by atoms with van der Waals surface area (Å²) in [5, 5.41) is 12.2. The minimum Gasteiger partial charge on any atom is -0.508 e. The second-order valence-corrected chi connectivity index (χ2v) is 10.5. The summed E-state index contributed by atoms with van der Waals surface area (Å²) in [6.07, 6.45) is 2.07. The summed E-state index contributed by atoms with van der Waals surface area (Å²) in [6.45, 7) is 2.44. The Morgan fingerprint density at radius 2 is 1.78 bits per heavy atom.